The summed E-state index contributed by atoms with van der Waals surface area (Å²) in [7, 11) is 0. The molecule has 24 heavy (non-hydrogen) atoms. The Morgan fingerprint density at radius 3 is 2.50 bits per heavy atom. The monoisotopic (exact) mass is 325 g/mol. The molecule has 0 saturated carbocycles. The van der Waals surface area contributed by atoms with Crippen LogP contribution < -0.4 is 15.5 Å². The molecular formula is C19H27N5. The fraction of sp³-hybridized carbons (Fsp3) is 0.474. The maximum Gasteiger partial charge on any atom is 0.135 e. The molecule has 1 aromatic carbocycles. The number of hydrogen-bond donors (Lipinski definition) is 2. The lowest BCUT2D eigenvalue weighted by Gasteiger charge is -2.28. The Hall–Kier alpha value is -2.30. The number of unbranched alkanes of at least 4 members (excludes halogenated alkanes) is 1. The Kier molecular flexibility index (Phi) is 5.88. The van der Waals surface area contributed by atoms with Gasteiger partial charge in [0, 0.05) is 37.1 Å². The van der Waals surface area contributed by atoms with Gasteiger partial charge in [0.2, 0.25) is 0 Å². The van der Waals surface area contributed by atoms with E-state index < -0.39 is 0 Å². The third kappa shape index (κ3) is 4.60. The lowest BCUT2D eigenvalue weighted by Crippen LogP contribution is -2.29. The van der Waals surface area contributed by atoms with Gasteiger partial charge < -0.3 is 15.5 Å². The van der Waals surface area contributed by atoms with Crippen LogP contribution in [-0.2, 0) is 0 Å². The number of rotatable bonds is 7. The van der Waals surface area contributed by atoms with Gasteiger partial charge in [-0.25, -0.2) is 9.97 Å². The zero-order chi connectivity index (χ0) is 16.6. The zero-order valence-electron chi connectivity index (χ0n) is 14.5. The molecule has 0 spiro atoms. The Bertz CT molecular complexity index is 620. The van der Waals surface area contributed by atoms with Crippen molar-refractivity contribution in [3.63, 3.8) is 0 Å². The zero-order valence-corrected chi connectivity index (χ0v) is 14.5. The van der Waals surface area contributed by atoms with E-state index in [-0.39, 0.29) is 0 Å². The van der Waals surface area contributed by atoms with E-state index in [2.05, 4.69) is 56.7 Å². The van der Waals surface area contributed by atoms with Crippen molar-refractivity contribution in [2.24, 2.45) is 0 Å². The first-order chi connectivity index (χ1) is 11.8. The summed E-state index contributed by atoms with van der Waals surface area (Å²) in [5.74, 6) is 1.68. The van der Waals surface area contributed by atoms with Crippen LogP contribution in [0.4, 0.5) is 23.0 Å². The second-order valence-electron chi connectivity index (χ2n) is 6.29. The van der Waals surface area contributed by atoms with E-state index in [1.54, 1.807) is 6.33 Å². The Labute approximate surface area is 144 Å². The standard InChI is InChI=1S/C19H27N5/c1-2-3-11-20-18-14-19(22-15-21-18)23-16-7-9-17(10-8-16)24-12-5-4-6-13-24/h7-10,14-15H,2-6,11-13H2,1H3,(H2,20,21,22,23). The molecule has 0 radical (unpaired) electrons. The number of nitrogens with one attached hydrogen (secondary N) is 2. The fourth-order valence-electron chi connectivity index (χ4n) is 2.97. The van der Waals surface area contributed by atoms with Crippen LogP contribution in [-0.4, -0.2) is 29.6 Å². The smallest absolute Gasteiger partial charge is 0.135 e. The van der Waals surface area contributed by atoms with Gasteiger partial charge in [-0.2, -0.15) is 0 Å². The van der Waals surface area contributed by atoms with Crippen molar-refractivity contribution in [2.45, 2.75) is 39.0 Å². The molecule has 0 bridgehead atoms. The van der Waals surface area contributed by atoms with Crippen molar-refractivity contribution in [2.75, 3.05) is 35.2 Å². The molecule has 2 heterocycles. The van der Waals surface area contributed by atoms with Crippen LogP contribution in [0.1, 0.15) is 39.0 Å². The van der Waals surface area contributed by atoms with E-state index in [1.807, 2.05) is 6.07 Å². The van der Waals surface area contributed by atoms with Crippen LogP contribution in [0, 0.1) is 0 Å². The van der Waals surface area contributed by atoms with Gasteiger partial charge in [0.1, 0.15) is 18.0 Å². The highest BCUT2D eigenvalue weighted by Gasteiger charge is 2.10. The highest BCUT2D eigenvalue weighted by molar-refractivity contribution is 5.62. The highest BCUT2D eigenvalue weighted by Crippen LogP contribution is 2.23. The van der Waals surface area contributed by atoms with E-state index in [0.717, 1.165) is 30.3 Å². The molecule has 3 rings (SSSR count). The maximum absolute atomic E-state index is 4.30. The number of benzene rings is 1. The number of anilines is 4. The second-order valence-corrected chi connectivity index (χ2v) is 6.29. The maximum atomic E-state index is 4.30. The number of piperidine rings is 1. The van der Waals surface area contributed by atoms with Crippen LogP contribution >= 0.6 is 0 Å². The molecule has 2 N–H and O–H groups in total. The minimum absolute atomic E-state index is 0.815. The third-order valence-electron chi connectivity index (χ3n) is 4.36. The first kappa shape index (κ1) is 16.6. The van der Waals surface area contributed by atoms with E-state index >= 15 is 0 Å². The summed E-state index contributed by atoms with van der Waals surface area (Å²) in [5.41, 5.74) is 2.36. The van der Waals surface area contributed by atoms with Gasteiger partial charge in [0.25, 0.3) is 0 Å². The molecule has 1 aromatic heterocycles. The molecule has 1 aliphatic heterocycles. The average Bonchev–Trinajstić information content (AvgIpc) is 2.64. The van der Waals surface area contributed by atoms with Gasteiger partial charge in [0.05, 0.1) is 0 Å². The van der Waals surface area contributed by atoms with Crippen LogP contribution in [0.25, 0.3) is 0 Å². The van der Waals surface area contributed by atoms with Crippen LogP contribution in [0.5, 0.6) is 0 Å². The molecule has 1 fully saturated rings. The molecule has 1 aliphatic rings. The molecule has 128 valence electrons. The molecule has 0 amide bonds. The van der Waals surface area contributed by atoms with Gasteiger partial charge in [-0.05, 0) is 49.9 Å². The summed E-state index contributed by atoms with van der Waals surface area (Å²) < 4.78 is 0. The van der Waals surface area contributed by atoms with E-state index in [1.165, 1.54) is 44.5 Å². The first-order valence-electron chi connectivity index (χ1n) is 9.03. The summed E-state index contributed by atoms with van der Waals surface area (Å²) >= 11 is 0. The van der Waals surface area contributed by atoms with Crippen molar-refractivity contribution in [1.82, 2.24) is 9.97 Å². The molecule has 0 atom stereocenters. The minimum Gasteiger partial charge on any atom is -0.372 e. The summed E-state index contributed by atoms with van der Waals surface area (Å²) in [6.07, 6.45) is 7.87. The predicted molar refractivity (Wildman–Crippen MR) is 101 cm³/mol. The number of aromatic nitrogens is 2. The Balaban J connectivity index is 1.60. The van der Waals surface area contributed by atoms with Crippen molar-refractivity contribution >= 4 is 23.0 Å². The summed E-state index contributed by atoms with van der Waals surface area (Å²) in [5, 5.41) is 6.68. The van der Waals surface area contributed by atoms with E-state index in [9.17, 15) is 0 Å². The van der Waals surface area contributed by atoms with Gasteiger partial charge in [0.15, 0.2) is 0 Å². The van der Waals surface area contributed by atoms with E-state index in [0.29, 0.717) is 0 Å². The topological polar surface area (TPSA) is 53.1 Å². The second kappa shape index (κ2) is 8.52. The van der Waals surface area contributed by atoms with Crippen LogP contribution in [0.3, 0.4) is 0 Å². The predicted octanol–water partition coefficient (Wildman–Crippen LogP) is 4.42. The van der Waals surface area contributed by atoms with Crippen molar-refractivity contribution in [3.8, 4) is 0 Å². The summed E-state index contributed by atoms with van der Waals surface area (Å²) in [6.45, 7) is 5.47. The normalized spacial score (nSPS) is 14.5. The average molecular weight is 325 g/mol. The molecule has 5 heteroatoms. The minimum atomic E-state index is 0.815. The number of nitrogens with zero attached hydrogens (tertiary/aromatic N) is 3. The number of hydrogen-bond acceptors (Lipinski definition) is 5. The van der Waals surface area contributed by atoms with Crippen LogP contribution in [0.2, 0.25) is 0 Å². The summed E-state index contributed by atoms with van der Waals surface area (Å²) in [6, 6.07) is 10.6. The molecule has 0 unspecified atom stereocenters. The SMILES string of the molecule is CCCCNc1cc(Nc2ccc(N3CCCCC3)cc2)ncn1. The Morgan fingerprint density at radius 2 is 1.75 bits per heavy atom. The molecule has 5 nitrogen and oxygen atoms in total. The molecule has 1 saturated heterocycles. The first-order valence-corrected chi connectivity index (χ1v) is 9.03. The lowest BCUT2D eigenvalue weighted by atomic mass is 10.1. The largest absolute Gasteiger partial charge is 0.372 e. The lowest BCUT2D eigenvalue weighted by molar-refractivity contribution is 0.578. The Morgan fingerprint density at radius 1 is 1.00 bits per heavy atom. The van der Waals surface area contributed by atoms with Gasteiger partial charge in [-0.1, -0.05) is 13.3 Å². The van der Waals surface area contributed by atoms with Gasteiger partial charge in [-0.3, -0.25) is 0 Å². The van der Waals surface area contributed by atoms with Gasteiger partial charge >= 0.3 is 0 Å². The molecule has 2 aromatic rings. The van der Waals surface area contributed by atoms with Crippen molar-refractivity contribution in [3.05, 3.63) is 36.7 Å². The highest BCUT2D eigenvalue weighted by atomic mass is 15.1. The summed E-state index contributed by atoms with van der Waals surface area (Å²) in [4.78, 5) is 11.0. The van der Waals surface area contributed by atoms with Crippen LogP contribution in [0.15, 0.2) is 36.7 Å². The van der Waals surface area contributed by atoms with Crippen molar-refractivity contribution < 1.29 is 0 Å². The van der Waals surface area contributed by atoms with Crippen molar-refractivity contribution in [1.29, 1.82) is 0 Å². The third-order valence-corrected chi connectivity index (χ3v) is 4.36. The van der Waals surface area contributed by atoms with E-state index in [4.69, 9.17) is 0 Å². The molecular weight excluding hydrogens is 298 g/mol. The molecule has 0 aliphatic carbocycles. The van der Waals surface area contributed by atoms with Gasteiger partial charge in [-0.15, -0.1) is 0 Å². The fourth-order valence-corrected chi connectivity index (χ4v) is 2.97. The quantitative estimate of drug-likeness (QED) is 0.738.